The first kappa shape index (κ1) is 24.3. The van der Waals surface area contributed by atoms with Crippen LogP contribution in [0.2, 0.25) is 0 Å². The third-order valence-electron chi connectivity index (χ3n) is 5.04. The lowest BCUT2D eigenvalue weighted by Crippen LogP contribution is -2.26. The Balaban J connectivity index is 1.62. The minimum Gasteiger partial charge on any atom is -0.406 e. The smallest absolute Gasteiger partial charge is 0.406 e. The minimum absolute atomic E-state index is 0.251. The molecule has 0 fully saturated rings. The summed E-state index contributed by atoms with van der Waals surface area (Å²) in [5, 5.41) is 5.83. The number of anilines is 2. The number of H-pyrrole nitrogens is 1. The number of aromatic amines is 1. The number of hydrogen-bond acceptors (Lipinski definition) is 7. The van der Waals surface area contributed by atoms with E-state index < -0.39 is 6.36 Å². The van der Waals surface area contributed by atoms with Crippen molar-refractivity contribution in [2.75, 3.05) is 39.3 Å². The van der Waals surface area contributed by atoms with E-state index in [0.29, 0.717) is 54.4 Å². The van der Waals surface area contributed by atoms with E-state index >= 15 is 0 Å². The third-order valence-corrected chi connectivity index (χ3v) is 5.04. The number of alkyl halides is 3. The van der Waals surface area contributed by atoms with Crippen LogP contribution in [-0.4, -0.2) is 65.8 Å². The molecule has 4 rings (SSSR count). The molecular formula is C22H23F3N6O4. The van der Waals surface area contributed by atoms with Crippen LogP contribution in [0.5, 0.6) is 5.75 Å². The molecule has 10 nitrogen and oxygen atoms in total. The van der Waals surface area contributed by atoms with Gasteiger partial charge in [0.1, 0.15) is 5.75 Å². The van der Waals surface area contributed by atoms with Crippen molar-refractivity contribution < 1.29 is 32.2 Å². The third kappa shape index (κ3) is 5.81. The average molecular weight is 492 g/mol. The quantitative estimate of drug-likeness (QED) is 0.290. The van der Waals surface area contributed by atoms with Crippen molar-refractivity contribution in [1.29, 1.82) is 0 Å². The number of imidazole rings is 2. The second-order valence-electron chi connectivity index (χ2n) is 7.47. The first-order valence-corrected chi connectivity index (χ1v) is 10.6. The van der Waals surface area contributed by atoms with Gasteiger partial charge in [-0.2, -0.15) is 0 Å². The zero-order valence-electron chi connectivity index (χ0n) is 18.9. The molecule has 0 aliphatic carbocycles. The van der Waals surface area contributed by atoms with E-state index in [1.54, 1.807) is 32.4 Å². The van der Waals surface area contributed by atoms with Gasteiger partial charge in [-0.05, 0) is 30.3 Å². The van der Waals surface area contributed by atoms with Gasteiger partial charge >= 0.3 is 6.36 Å². The fraction of sp³-hybridized carbons (Fsp3) is 0.318. The van der Waals surface area contributed by atoms with Crippen molar-refractivity contribution in [3.05, 3.63) is 42.0 Å². The zero-order valence-corrected chi connectivity index (χ0v) is 18.9. The summed E-state index contributed by atoms with van der Waals surface area (Å²) in [6.45, 7) is 1.63. The van der Waals surface area contributed by atoms with Crippen molar-refractivity contribution in [1.82, 2.24) is 24.8 Å². The Morgan fingerprint density at radius 1 is 1.06 bits per heavy atom. The monoisotopic (exact) mass is 492 g/mol. The second kappa shape index (κ2) is 10.2. The van der Waals surface area contributed by atoms with Gasteiger partial charge in [-0.3, -0.25) is 10.1 Å². The van der Waals surface area contributed by atoms with Crippen LogP contribution in [0.1, 0.15) is 10.4 Å². The molecule has 0 atom stereocenters. The van der Waals surface area contributed by atoms with Gasteiger partial charge in [-0.25, -0.2) is 9.97 Å². The van der Waals surface area contributed by atoms with Crippen LogP contribution in [0, 0.1) is 0 Å². The Morgan fingerprint density at radius 2 is 1.86 bits per heavy atom. The van der Waals surface area contributed by atoms with Gasteiger partial charge in [0, 0.05) is 38.9 Å². The van der Waals surface area contributed by atoms with Gasteiger partial charge in [0.05, 0.1) is 35.3 Å². The Morgan fingerprint density at radius 3 is 2.60 bits per heavy atom. The van der Waals surface area contributed by atoms with Crippen LogP contribution in [0.3, 0.4) is 0 Å². The maximum absolute atomic E-state index is 12.5. The van der Waals surface area contributed by atoms with Gasteiger partial charge in [0.25, 0.3) is 5.91 Å². The van der Waals surface area contributed by atoms with E-state index in [1.165, 1.54) is 18.2 Å². The molecule has 186 valence electrons. The second-order valence-corrected chi connectivity index (χ2v) is 7.47. The molecule has 3 N–H and O–H groups in total. The van der Waals surface area contributed by atoms with Crippen LogP contribution < -0.4 is 15.4 Å². The van der Waals surface area contributed by atoms with E-state index in [1.807, 2.05) is 4.57 Å². The van der Waals surface area contributed by atoms with Gasteiger partial charge < -0.3 is 29.1 Å². The van der Waals surface area contributed by atoms with Crippen molar-refractivity contribution in [2.24, 2.45) is 0 Å². The molecule has 0 aliphatic heterocycles. The highest BCUT2D eigenvalue weighted by molar-refractivity contribution is 5.97. The lowest BCUT2D eigenvalue weighted by Gasteiger charge is -2.09. The molecule has 2 heterocycles. The standard InChI is InChI=1S/C22H23F3N6O4/c1-33-9-7-26-19(32)13-3-6-18-17(11-13)29-21(31(18)8-10-34-2)30-20-27-15-5-4-14(12-16(15)28-20)35-22(23,24)25/h3-6,11-12H,7-10H2,1-2H3,(H,26,32)(H2,27,28,29,30). The van der Waals surface area contributed by atoms with E-state index in [4.69, 9.17) is 9.47 Å². The van der Waals surface area contributed by atoms with Crippen LogP contribution in [0.15, 0.2) is 36.4 Å². The summed E-state index contributed by atoms with van der Waals surface area (Å²) in [6, 6.07) is 8.97. The first-order valence-electron chi connectivity index (χ1n) is 10.6. The Bertz CT molecular complexity index is 1330. The highest BCUT2D eigenvalue weighted by atomic mass is 19.4. The maximum atomic E-state index is 12.5. The molecule has 0 saturated carbocycles. The van der Waals surface area contributed by atoms with Gasteiger partial charge in [0.15, 0.2) is 0 Å². The Kier molecular flexibility index (Phi) is 7.07. The first-order chi connectivity index (χ1) is 16.8. The number of carbonyl (C=O) groups excluding carboxylic acids is 1. The summed E-state index contributed by atoms with van der Waals surface area (Å²) in [5.74, 6) is 0.0818. The number of nitrogens with one attached hydrogen (secondary N) is 3. The van der Waals surface area contributed by atoms with Crippen molar-refractivity contribution in [3.8, 4) is 5.75 Å². The zero-order chi connectivity index (χ0) is 25.0. The molecule has 0 spiro atoms. The summed E-state index contributed by atoms with van der Waals surface area (Å²) in [6.07, 6.45) is -4.79. The molecule has 1 amide bonds. The molecule has 0 bridgehead atoms. The molecule has 0 unspecified atom stereocenters. The number of fused-ring (bicyclic) bond motifs is 2. The number of aromatic nitrogens is 4. The number of hydrogen-bond donors (Lipinski definition) is 3. The lowest BCUT2D eigenvalue weighted by molar-refractivity contribution is -0.274. The molecular weight excluding hydrogens is 469 g/mol. The number of methoxy groups -OCH3 is 2. The van der Waals surface area contributed by atoms with Gasteiger partial charge in [-0.15, -0.1) is 13.2 Å². The number of benzene rings is 2. The largest absolute Gasteiger partial charge is 0.573 e. The van der Waals surface area contributed by atoms with Crippen molar-refractivity contribution in [3.63, 3.8) is 0 Å². The maximum Gasteiger partial charge on any atom is 0.573 e. The van der Waals surface area contributed by atoms with Crippen LogP contribution in [0.4, 0.5) is 25.1 Å². The van der Waals surface area contributed by atoms with Gasteiger partial charge in [0.2, 0.25) is 11.9 Å². The van der Waals surface area contributed by atoms with Crippen LogP contribution in [0.25, 0.3) is 22.1 Å². The van der Waals surface area contributed by atoms with E-state index in [-0.39, 0.29) is 17.6 Å². The highest BCUT2D eigenvalue weighted by Crippen LogP contribution is 2.28. The lowest BCUT2D eigenvalue weighted by atomic mass is 10.2. The Hall–Kier alpha value is -3.84. The molecule has 2 aromatic heterocycles. The summed E-state index contributed by atoms with van der Waals surface area (Å²) < 4.78 is 53.5. The number of carbonyl (C=O) groups is 1. The number of nitrogens with zero attached hydrogens (tertiary/aromatic N) is 3. The number of ether oxygens (including phenoxy) is 3. The summed E-state index contributed by atoms with van der Waals surface area (Å²) in [5.41, 5.74) is 2.56. The molecule has 0 saturated heterocycles. The number of halogens is 3. The van der Waals surface area contributed by atoms with Crippen molar-refractivity contribution in [2.45, 2.75) is 12.9 Å². The predicted octanol–water partition coefficient (Wildman–Crippen LogP) is 3.58. The predicted molar refractivity (Wildman–Crippen MR) is 122 cm³/mol. The molecule has 13 heteroatoms. The molecule has 0 radical (unpaired) electrons. The molecule has 0 aliphatic rings. The highest BCUT2D eigenvalue weighted by Gasteiger charge is 2.31. The van der Waals surface area contributed by atoms with Crippen LogP contribution in [-0.2, 0) is 16.0 Å². The summed E-state index contributed by atoms with van der Waals surface area (Å²) in [4.78, 5) is 24.3. The molecule has 35 heavy (non-hydrogen) atoms. The number of amides is 1. The summed E-state index contributed by atoms with van der Waals surface area (Å²) >= 11 is 0. The van der Waals surface area contributed by atoms with E-state index in [2.05, 4.69) is 30.3 Å². The van der Waals surface area contributed by atoms with Gasteiger partial charge in [-0.1, -0.05) is 0 Å². The number of rotatable bonds is 10. The minimum atomic E-state index is -4.79. The fourth-order valence-corrected chi connectivity index (χ4v) is 3.50. The van der Waals surface area contributed by atoms with Crippen molar-refractivity contribution >= 4 is 39.9 Å². The molecule has 4 aromatic rings. The van der Waals surface area contributed by atoms with Crippen LogP contribution >= 0.6 is 0 Å². The van der Waals surface area contributed by atoms with E-state index in [9.17, 15) is 18.0 Å². The fourth-order valence-electron chi connectivity index (χ4n) is 3.50. The topological polar surface area (TPSA) is 115 Å². The van der Waals surface area contributed by atoms with E-state index in [0.717, 1.165) is 5.52 Å². The SMILES string of the molecule is COCCNC(=O)c1ccc2c(c1)nc(Nc1nc3ccc(OC(F)(F)F)cc3[nH]1)n2CCOC. The normalized spacial score (nSPS) is 11.8. The molecule has 2 aromatic carbocycles. The average Bonchev–Trinajstić information content (AvgIpc) is 3.36. The summed E-state index contributed by atoms with van der Waals surface area (Å²) in [7, 11) is 3.13. The Labute approximate surface area is 197 Å².